The van der Waals surface area contributed by atoms with Crippen LogP contribution in [0.15, 0.2) is 69.9 Å². The van der Waals surface area contributed by atoms with Crippen LogP contribution in [0.1, 0.15) is 32.9 Å². The highest BCUT2D eigenvalue weighted by Gasteiger charge is 2.20. The van der Waals surface area contributed by atoms with E-state index in [1.54, 1.807) is 13.1 Å². The molecule has 0 spiro atoms. The first kappa shape index (κ1) is 20.9. The Morgan fingerprint density at radius 3 is 2.71 bits per heavy atom. The molecule has 2 heterocycles. The molecule has 0 aliphatic heterocycles. The molecule has 1 N–H and O–H groups in total. The van der Waals surface area contributed by atoms with E-state index in [2.05, 4.69) is 31.5 Å². The van der Waals surface area contributed by atoms with E-state index in [4.69, 9.17) is 9.26 Å². The number of aryl methyl sites for hydroxylation is 2. The molecule has 0 radical (unpaired) electrons. The van der Waals surface area contributed by atoms with E-state index >= 15 is 0 Å². The first-order valence-corrected chi connectivity index (χ1v) is 10.5. The Morgan fingerprint density at radius 1 is 1.19 bits per heavy atom. The number of rotatable bonds is 7. The van der Waals surface area contributed by atoms with Gasteiger partial charge in [-0.2, -0.15) is 5.10 Å². The Kier molecular flexibility index (Phi) is 6.18. The van der Waals surface area contributed by atoms with Crippen molar-refractivity contribution in [2.45, 2.75) is 27.0 Å². The number of halogens is 1. The minimum Gasteiger partial charge on any atom is -0.489 e. The summed E-state index contributed by atoms with van der Waals surface area (Å²) in [6.07, 6.45) is 3.65. The van der Waals surface area contributed by atoms with Gasteiger partial charge in [-0.15, -0.1) is 0 Å². The van der Waals surface area contributed by atoms with E-state index in [9.17, 15) is 4.79 Å². The SMILES string of the molecule is Cc1cccc(OCc2c(C(=O)Nc3ccc(Cn4cc(Br)cn4)cc3)noc2C)c1. The summed E-state index contributed by atoms with van der Waals surface area (Å²) in [5.74, 6) is 0.939. The van der Waals surface area contributed by atoms with Gasteiger partial charge in [-0.05, 0) is 65.2 Å². The predicted octanol–water partition coefficient (Wildman–Crippen LogP) is 5.13. The van der Waals surface area contributed by atoms with E-state index in [0.29, 0.717) is 23.6 Å². The van der Waals surface area contributed by atoms with Crippen LogP contribution in [0.25, 0.3) is 0 Å². The smallest absolute Gasteiger partial charge is 0.278 e. The Bertz CT molecular complexity index is 1200. The molecule has 0 aliphatic rings. The van der Waals surface area contributed by atoms with Crippen molar-refractivity contribution < 1.29 is 14.1 Å². The van der Waals surface area contributed by atoms with Crippen LogP contribution >= 0.6 is 15.9 Å². The molecule has 4 rings (SSSR count). The number of ether oxygens (including phenoxy) is 1. The maximum absolute atomic E-state index is 12.8. The monoisotopic (exact) mass is 480 g/mol. The summed E-state index contributed by atoms with van der Waals surface area (Å²) in [5, 5.41) is 11.0. The van der Waals surface area contributed by atoms with Crippen molar-refractivity contribution in [1.29, 1.82) is 0 Å². The van der Waals surface area contributed by atoms with Gasteiger partial charge in [-0.1, -0.05) is 29.4 Å². The lowest BCUT2D eigenvalue weighted by atomic mass is 10.1. The molecule has 7 nitrogen and oxygen atoms in total. The van der Waals surface area contributed by atoms with Crippen LogP contribution < -0.4 is 10.1 Å². The highest BCUT2D eigenvalue weighted by molar-refractivity contribution is 9.10. The lowest BCUT2D eigenvalue weighted by molar-refractivity contribution is 0.101. The Morgan fingerprint density at radius 2 is 2.00 bits per heavy atom. The molecule has 0 aliphatic carbocycles. The molecule has 31 heavy (non-hydrogen) atoms. The molecular weight excluding hydrogens is 460 g/mol. The fourth-order valence-corrected chi connectivity index (χ4v) is 3.42. The normalized spacial score (nSPS) is 10.8. The molecule has 158 valence electrons. The largest absolute Gasteiger partial charge is 0.489 e. The van der Waals surface area contributed by atoms with Crippen LogP contribution in [0.4, 0.5) is 5.69 Å². The minimum atomic E-state index is -0.344. The number of nitrogens with one attached hydrogen (secondary N) is 1. The van der Waals surface area contributed by atoms with Crippen LogP contribution in [-0.4, -0.2) is 20.8 Å². The van der Waals surface area contributed by atoms with Gasteiger partial charge in [0.1, 0.15) is 18.1 Å². The lowest BCUT2D eigenvalue weighted by Gasteiger charge is -2.08. The van der Waals surface area contributed by atoms with Crippen molar-refractivity contribution in [1.82, 2.24) is 14.9 Å². The number of nitrogens with zero attached hydrogens (tertiary/aromatic N) is 3. The number of anilines is 1. The topological polar surface area (TPSA) is 82.2 Å². The number of carbonyl (C=O) groups is 1. The van der Waals surface area contributed by atoms with Crippen molar-refractivity contribution in [2.75, 3.05) is 5.32 Å². The second-order valence-electron chi connectivity index (χ2n) is 7.18. The Balaban J connectivity index is 1.41. The summed E-state index contributed by atoms with van der Waals surface area (Å²) in [7, 11) is 0. The third-order valence-electron chi connectivity index (χ3n) is 4.73. The van der Waals surface area contributed by atoms with Gasteiger partial charge in [-0.25, -0.2) is 0 Å². The Hall–Kier alpha value is -3.39. The summed E-state index contributed by atoms with van der Waals surface area (Å²) < 4.78 is 13.8. The zero-order valence-corrected chi connectivity index (χ0v) is 18.7. The van der Waals surface area contributed by atoms with Crippen LogP contribution in [0, 0.1) is 13.8 Å². The standard InChI is InChI=1S/C23H21BrN4O3/c1-15-4-3-5-20(10-15)30-14-21-16(2)31-27-22(21)23(29)26-19-8-6-17(7-9-19)12-28-13-18(24)11-25-28/h3-11,13H,12,14H2,1-2H3,(H,26,29). The first-order chi connectivity index (χ1) is 15.0. The zero-order valence-electron chi connectivity index (χ0n) is 17.1. The highest BCUT2D eigenvalue weighted by Crippen LogP contribution is 2.20. The zero-order chi connectivity index (χ0) is 21.8. The molecule has 8 heteroatoms. The number of hydrogen-bond acceptors (Lipinski definition) is 5. The second kappa shape index (κ2) is 9.18. The minimum absolute atomic E-state index is 0.194. The van der Waals surface area contributed by atoms with E-state index in [-0.39, 0.29) is 18.2 Å². The molecule has 2 aromatic heterocycles. The molecule has 0 unspecified atom stereocenters. The summed E-state index contributed by atoms with van der Waals surface area (Å²) in [5.41, 5.74) is 3.68. The molecule has 0 saturated heterocycles. The van der Waals surface area contributed by atoms with Crippen LogP contribution in [-0.2, 0) is 13.2 Å². The lowest BCUT2D eigenvalue weighted by Crippen LogP contribution is -2.15. The van der Waals surface area contributed by atoms with Crippen molar-refractivity contribution in [3.63, 3.8) is 0 Å². The number of benzene rings is 2. The number of aromatic nitrogens is 3. The van der Waals surface area contributed by atoms with Gasteiger partial charge in [0.15, 0.2) is 5.69 Å². The molecule has 0 saturated carbocycles. The van der Waals surface area contributed by atoms with Crippen molar-refractivity contribution in [3.05, 3.63) is 93.5 Å². The van der Waals surface area contributed by atoms with E-state index < -0.39 is 0 Å². The third kappa shape index (κ3) is 5.21. The van der Waals surface area contributed by atoms with Gasteiger partial charge < -0.3 is 14.6 Å². The maximum Gasteiger partial charge on any atom is 0.278 e. The van der Waals surface area contributed by atoms with Gasteiger partial charge >= 0.3 is 0 Å². The van der Waals surface area contributed by atoms with E-state index in [1.807, 2.05) is 66.3 Å². The molecule has 2 aromatic carbocycles. The summed E-state index contributed by atoms with van der Waals surface area (Å²) in [6.45, 7) is 4.60. The second-order valence-corrected chi connectivity index (χ2v) is 8.09. The molecular formula is C23H21BrN4O3. The van der Waals surface area contributed by atoms with Crippen LogP contribution in [0.2, 0.25) is 0 Å². The maximum atomic E-state index is 12.8. The van der Waals surface area contributed by atoms with E-state index in [0.717, 1.165) is 21.3 Å². The molecule has 4 aromatic rings. The third-order valence-corrected chi connectivity index (χ3v) is 5.14. The van der Waals surface area contributed by atoms with Gasteiger partial charge in [0.05, 0.1) is 22.8 Å². The number of carbonyl (C=O) groups excluding carboxylic acids is 1. The average molecular weight is 481 g/mol. The summed E-state index contributed by atoms with van der Waals surface area (Å²) in [4.78, 5) is 12.8. The average Bonchev–Trinajstić information content (AvgIpc) is 3.33. The van der Waals surface area contributed by atoms with Crippen molar-refractivity contribution in [3.8, 4) is 5.75 Å². The number of amides is 1. The van der Waals surface area contributed by atoms with Crippen molar-refractivity contribution in [2.24, 2.45) is 0 Å². The fourth-order valence-electron chi connectivity index (χ4n) is 3.10. The van der Waals surface area contributed by atoms with E-state index in [1.165, 1.54) is 0 Å². The first-order valence-electron chi connectivity index (χ1n) is 9.71. The van der Waals surface area contributed by atoms with Crippen molar-refractivity contribution >= 4 is 27.5 Å². The molecule has 0 bridgehead atoms. The number of hydrogen-bond donors (Lipinski definition) is 1. The van der Waals surface area contributed by atoms with Gasteiger partial charge in [0, 0.05) is 11.9 Å². The highest BCUT2D eigenvalue weighted by atomic mass is 79.9. The summed E-state index contributed by atoms with van der Waals surface area (Å²) >= 11 is 3.39. The van der Waals surface area contributed by atoms with Crippen LogP contribution in [0.5, 0.6) is 5.75 Å². The molecule has 1 amide bonds. The Labute approximate surface area is 188 Å². The van der Waals surface area contributed by atoms with Gasteiger partial charge in [0.25, 0.3) is 5.91 Å². The van der Waals surface area contributed by atoms with Crippen LogP contribution in [0.3, 0.4) is 0 Å². The fraction of sp³-hybridized carbons (Fsp3) is 0.174. The van der Waals surface area contributed by atoms with Gasteiger partial charge in [0.2, 0.25) is 0 Å². The summed E-state index contributed by atoms with van der Waals surface area (Å²) in [6, 6.07) is 15.3. The molecule has 0 fully saturated rings. The predicted molar refractivity (Wildman–Crippen MR) is 120 cm³/mol. The quantitative estimate of drug-likeness (QED) is 0.396. The molecule has 0 atom stereocenters. The van der Waals surface area contributed by atoms with Gasteiger partial charge in [-0.3, -0.25) is 9.48 Å².